The Bertz CT molecular complexity index is 377. The average molecular weight is 235 g/mol. The highest BCUT2D eigenvalue weighted by atomic mass is 19.4. The van der Waals surface area contributed by atoms with Crippen molar-refractivity contribution in [3.63, 3.8) is 0 Å². The van der Waals surface area contributed by atoms with Crippen LogP contribution in [0.1, 0.15) is 16.8 Å². The van der Waals surface area contributed by atoms with Crippen LogP contribution < -0.4 is 4.74 Å². The molecule has 0 aliphatic heterocycles. The van der Waals surface area contributed by atoms with Gasteiger partial charge in [0.15, 0.2) is 6.61 Å². The summed E-state index contributed by atoms with van der Waals surface area (Å²) in [5.74, 6) is -0.155. The first-order chi connectivity index (χ1) is 7.33. The SMILES string of the molecule is Cc1cc(C)c(CO)c(OCC(F)(F)F)n1. The van der Waals surface area contributed by atoms with Crippen LogP contribution in [0.5, 0.6) is 5.88 Å². The molecule has 0 aliphatic carbocycles. The van der Waals surface area contributed by atoms with Gasteiger partial charge in [-0.05, 0) is 25.5 Å². The minimum Gasteiger partial charge on any atom is -0.468 e. The van der Waals surface area contributed by atoms with Crippen LogP contribution in [0.15, 0.2) is 6.07 Å². The van der Waals surface area contributed by atoms with Crippen LogP contribution in [0.3, 0.4) is 0 Å². The first-order valence-electron chi connectivity index (χ1n) is 4.61. The molecule has 0 aromatic carbocycles. The van der Waals surface area contributed by atoms with Crippen LogP contribution in [0.2, 0.25) is 0 Å². The summed E-state index contributed by atoms with van der Waals surface area (Å²) in [5, 5.41) is 9.02. The molecule has 3 nitrogen and oxygen atoms in total. The summed E-state index contributed by atoms with van der Waals surface area (Å²) < 4.78 is 40.4. The average Bonchev–Trinajstić information content (AvgIpc) is 2.12. The molecule has 0 atom stereocenters. The maximum absolute atomic E-state index is 12.0. The second-order valence-electron chi connectivity index (χ2n) is 3.43. The first kappa shape index (κ1) is 12.8. The quantitative estimate of drug-likeness (QED) is 0.872. The first-order valence-corrected chi connectivity index (χ1v) is 4.61. The van der Waals surface area contributed by atoms with Crippen LogP contribution >= 0.6 is 0 Å². The number of aliphatic hydroxyl groups is 1. The summed E-state index contributed by atoms with van der Waals surface area (Å²) in [6, 6.07) is 1.67. The van der Waals surface area contributed by atoms with E-state index in [0.717, 1.165) is 0 Å². The van der Waals surface area contributed by atoms with Crippen LogP contribution in [0.4, 0.5) is 13.2 Å². The third-order valence-corrected chi connectivity index (χ3v) is 1.97. The summed E-state index contributed by atoms with van der Waals surface area (Å²) in [6.45, 7) is 1.53. The van der Waals surface area contributed by atoms with Crippen molar-refractivity contribution in [1.82, 2.24) is 4.98 Å². The van der Waals surface area contributed by atoms with Crippen molar-refractivity contribution < 1.29 is 23.0 Å². The number of aliphatic hydroxyl groups excluding tert-OH is 1. The second-order valence-corrected chi connectivity index (χ2v) is 3.43. The number of hydrogen-bond donors (Lipinski definition) is 1. The van der Waals surface area contributed by atoms with E-state index in [1.807, 2.05) is 0 Å². The number of rotatable bonds is 3. The molecule has 90 valence electrons. The van der Waals surface area contributed by atoms with Gasteiger partial charge in [0.05, 0.1) is 6.61 Å². The highest BCUT2D eigenvalue weighted by molar-refractivity contribution is 5.35. The predicted octanol–water partition coefficient (Wildman–Crippen LogP) is 2.13. The third kappa shape index (κ3) is 3.37. The van der Waals surface area contributed by atoms with E-state index in [1.165, 1.54) is 0 Å². The van der Waals surface area contributed by atoms with Crippen molar-refractivity contribution in [2.75, 3.05) is 6.61 Å². The van der Waals surface area contributed by atoms with Crippen molar-refractivity contribution in [3.05, 3.63) is 22.9 Å². The summed E-state index contributed by atoms with van der Waals surface area (Å²) in [6.07, 6.45) is -4.41. The van der Waals surface area contributed by atoms with Crippen LogP contribution in [-0.2, 0) is 6.61 Å². The Morgan fingerprint density at radius 3 is 2.50 bits per heavy atom. The zero-order chi connectivity index (χ0) is 12.3. The van der Waals surface area contributed by atoms with Gasteiger partial charge in [0, 0.05) is 11.3 Å². The van der Waals surface area contributed by atoms with Crippen LogP contribution in [-0.4, -0.2) is 22.9 Å². The van der Waals surface area contributed by atoms with Crippen molar-refractivity contribution >= 4 is 0 Å². The number of alkyl halides is 3. The lowest BCUT2D eigenvalue weighted by atomic mass is 10.1. The van der Waals surface area contributed by atoms with Gasteiger partial charge >= 0.3 is 6.18 Å². The molecule has 16 heavy (non-hydrogen) atoms. The number of nitrogens with zero attached hydrogens (tertiary/aromatic N) is 1. The molecular formula is C10H12F3NO2. The van der Waals surface area contributed by atoms with E-state index in [1.54, 1.807) is 19.9 Å². The number of pyridine rings is 1. The van der Waals surface area contributed by atoms with Crippen molar-refractivity contribution in [1.29, 1.82) is 0 Å². The fraction of sp³-hybridized carbons (Fsp3) is 0.500. The Labute approximate surface area is 90.9 Å². The fourth-order valence-electron chi connectivity index (χ4n) is 1.29. The molecule has 0 bridgehead atoms. The molecule has 0 saturated heterocycles. The molecule has 0 aliphatic rings. The lowest BCUT2D eigenvalue weighted by molar-refractivity contribution is -0.154. The molecule has 1 rings (SSSR count). The molecule has 0 fully saturated rings. The molecule has 6 heteroatoms. The van der Waals surface area contributed by atoms with Gasteiger partial charge in [0.25, 0.3) is 0 Å². The van der Waals surface area contributed by atoms with E-state index in [0.29, 0.717) is 11.3 Å². The Morgan fingerprint density at radius 2 is 2.00 bits per heavy atom. The number of hydrogen-bond acceptors (Lipinski definition) is 3. The Morgan fingerprint density at radius 1 is 1.38 bits per heavy atom. The fourth-order valence-corrected chi connectivity index (χ4v) is 1.29. The van der Waals surface area contributed by atoms with Crippen molar-refractivity contribution in [3.8, 4) is 5.88 Å². The molecule has 1 heterocycles. The minimum absolute atomic E-state index is 0.155. The maximum atomic E-state index is 12.0. The van der Waals surface area contributed by atoms with Gasteiger partial charge in [0.1, 0.15) is 0 Å². The molecule has 0 radical (unpaired) electrons. The second kappa shape index (κ2) is 4.69. The van der Waals surface area contributed by atoms with E-state index in [4.69, 9.17) is 5.11 Å². The summed E-state index contributed by atoms with van der Waals surface area (Å²) in [5.41, 5.74) is 1.49. The highest BCUT2D eigenvalue weighted by Crippen LogP contribution is 2.23. The van der Waals surface area contributed by atoms with Gasteiger partial charge in [-0.25, -0.2) is 4.98 Å². The monoisotopic (exact) mass is 235 g/mol. The van der Waals surface area contributed by atoms with Gasteiger partial charge < -0.3 is 9.84 Å². The molecule has 1 N–H and O–H groups in total. The Hall–Kier alpha value is -1.30. The normalized spacial score (nSPS) is 11.6. The standard InChI is InChI=1S/C10H12F3NO2/c1-6-3-7(2)14-9(8(6)4-15)16-5-10(11,12)13/h3,15H,4-5H2,1-2H3. The number of halogens is 3. The van der Waals surface area contributed by atoms with E-state index in [-0.39, 0.29) is 11.4 Å². The smallest absolute Gasteiger partial charge is 0.422 e. The van der Waals surface area contributed by atoms with Gasteiger partial charge in [-0.15, -0.1) is 0 Å². The Kier molecular flexibility index (Phi) is 3.74. The van der Waals surface area contributed by atoms with Crippen molar-refractivity contribution in [2.24, 2.45) is 0 Å². The summed E-state index contributed by atoms with van der Waals surface area (Å²) in [4.78, 5) is 3.83. The number of ether oxygens (including phenoxy) is 1. The molecular weight excluding hydrogens is 223 g/mol. The van der Waals surface area contributed by atoms with Crippen LogP contribution in [0, 0.1) is 13.8 Å². The van der Waals surface area contributed by atoms with Crippen molar-refractivity contribution in [2.45, 2.75) is 26.6 Å². The molecule has 0 spiro atoms. The third-order valence-electron chi connectivity index (χ3n) is 1.97. The predicted molar refractivity (Wildman–Crippen MR) is 51.2 cm³/mol. The van der Waals surface area contributed by atoms with Crippen LogP contribution in [0.25, 0.3) is 0 Å². The summed E-state index contributed by atoms with van der Waals surface area (Å²) >= 11 is 0. The lowest BCUT2D eigenvalue weighted by Crippen LogP contribution is -2.20. The van der Waals surface area contributed by atoms with E-state index >= 15 is 0 Å². The van der Waals surface area contributed by atoms with E-state index in [2.05, 4.69) is 9.72 Å². The van der Waals surface area contributed by atoms with Gasteiger partial charge in [0.2, 0.25) is 5.88 Å². The minimum atomic E-state index is -4.41. The maximum Gasteiger partial charge on any atom is 0.422 e. The number of aromatic nitrogens is 1. The van der Waals surface area contributed by atoms with Gasteiger partial charge in [-0.2, -0.15) is 13.2 Å². The van der Waals surface area contributed by atoms with E-state index < -0.39 is 19.4 Å². The molecule has 0 amide bonds. The highest BCUT2D eigenvalue weighted by Gasteiger charge is 2.29. The summed E-state index contributed by atoms with van der Waals surface area (Å²) in [7, 11) is 0. The Balaban J connectivity index is 2.94. The molecule has 0 saturated carbocycles. The zero-order valence-electron chi connectivity index (χ0n) is 8.93. The van der Waals surface area contributed by atoms with Gasteiger partial charge in [-0.3, -0.25) is 0 Å². The molecule has 0 unspecified atom stereocenters. The number of aryl methyl sites for hydroxylation is 2. The molecule has 1 aromatic rings. The van der Waals surface area contributed by atoms with Gasteiger partial charge in [-0.1, -0.05) is 0 Å². The largest absolute Gasteiger partial charge is 0.468 e. The topological polar surface area (TPSA) is 42.4 Å². The molecule has 1 aromatic heterocycles. The van der Waals surface area contributed by atoms with E-state index in [9.17, 15) is 13.2 Å². The zero-order valence-corrected chi connectivity index (χ0v) is 8.93. The lowest BCUT2D eigenvalue weighted by Gasteiger charge is -2.13.